The molecule has 0 bridgehead atoms. The van der Waals surface area contributed by atoms with Crippen molar-refractivity contribution in [2.45, 2.75) is 0 Å². The van der Waals surface area contributed by atoms with Crippen LogP contribution in [0.1, 0.15) is 0 Å². The number of rotatable bonds is 3. The van der Waals surface area contributed by atoms with Crippen LogP contribution >= 0.6 is 0 Å². The van der Waals surface area contributed by atoms with Crippen LogP contribution in [0.3, 0.4) is 0 Å². The molecule has 2 heterocycles. The molecule has 0 unspecified atom stereocenters. The largest absolute Gasteiger partial charge is 0.338 e. The standard InChI is InChI=1S/C14H13N5/c15-19-13-8-2-7-12(18-13)17-11-6-1-4-10-5-3-9-16-14(10)11/h1-9H,15H2,(H2,17,18,19). The summed E-state index contributed by atoms with van der Waals surface area (Å²) >= 11 is 0. The van der Waals surface area contributed by atoms with Crippen LogP contribution in [0, 0.1) is 0 Å². The molecule has 0 saturated carbocycles. The summed E-state index contributed by atoms with van der Waals surface area (Å²) < 4.78 is 0. The van der Waals surface area contributed by atoms with Gasteiger partial charge in [0.25, 0.3) is 0 Å². The van der Waals surface area contributed by atoms with Crippen LogP contribution in [0.2, 0.25) is 0 Å². The van der Waals surface area contributed by atoms with Crippen LogP contribution in [0.4, 0.5) is 17.3 Å². The summed E-state index contributed by atoms with van der Waals surface area (Å²) in [4.78, 5) is 8.71. The topological polar surface area (TPSA) is 75.9 Å². The van der Waals surface area contributed by atoms with E-state index >= 15 is 0 Å². The summed E-state index contributed by atoms with van der Waals surface area (Å²) in [6.07, 6.45) is 1.78. The summed E-state index contributed by atoms with van der Waals surface area (Å²) in [6.45, 7) is 0. The molecular formula is C14H13N5. The third-order valence-corrected chi connectivity index (χ3v) is 2.79. The second-order valence-electron chi connectivity index (χ2n) is 4.06. The molecule has 0 amide bonds. The monoisotopic (exact) mass is 251 g/mol. The Labute approximate surface area is 110 Å². The van der Waals surface area contributed by atoms with Crippen molar-refractivity contribution in [3.8, 4) is 0 Å². The first kappa shape index (κ1) is 11.4. The molecule has 4 N–H and O–H groups in total. The van der Waals surface area contributed by atoms with Crippen molar-refractivity contribution in [3.05, 3.63) is 54.7 Å². The van der Waals surface area contributed by atoms with Gasteiger partial charge in [-0.05, 0) is 24.3 Å². The van der Waals surface area contributed by atoms with E-state index in [2.05, 4.69) is 20.7 Å². The third-order valence-electron chi connectivity index (χ3n) is 2.79. The normalized spacial score (nSPS) is 10.4. The minimum Gasteiger partial charge on any atom is -0.338 e. The average molecular weight is 251 g/mol. The molecule has 0 spiro atoms. The van der Waals surface area contributed by atoms with Crippen molar-refractivity contribution >= 4 is 28.2 Å². The molecular weight excluding hydrogens is 238 g/mol. The zero-order valence-electron chi connectivity index (χ0n) is 10.2. The Balaban J connectivity index is 2.01. The number of nitrogens with zero attached hydrogens (tertiary/aromatic N) is 2. The lowest BCUT2D eigenvalue weighted by molar-refractivity contribution is 1.22. The van der Waals surface area contributed by atoms with Gasteiger partial charge in [0.2, 0.25) is 0 Å². The fourth-order valence-electron chi connectivity index (χ4n) is 1.93. The number of nitrogen functional groups attached to an aromatic ring is 1. The molecule has 19 heavy (non-hydrogen) atoms. The SMILES string of the molecule is NNc1cccc(Nc2cccc3cccnc23)n1. The minimum absolute atomic E-state index is 0.609. The van der Waals surface area contributed by atoms with Crippen LogP contribution in [0.5, 0.6) is 0 Å². The van der Waals surface area contributed by atoms with E-state index in [1.165, 1.54) is 0 Å². The smallest absolute Gasteiger partial charge is 0.142 e. The van der Waals surface area contributed by atoms with Crippen molar-refractivity contribution in [3.63, 3.8) is 0 Å². The number of para-hydroxylation sites is 1. The number of hydrazine groups is 1. The molecule has 2 aromatic heterocycles. The van der Waals surface area contributed by atoms with Gasteiger partial charge >= 0.3 is 0 Å². The lowest BCUT2D eigenvalue weighted by Crippen LogP contribution is -2.09. The number of benzene rings is 1. The summed E-state index contributed by atoms with van der Waals surface area (Å²) in [5.74, 6) is 6.68. The van der Waals surface area contributed by atoms with E-state index in [9.17, 15) is 0 Å². The first-order valence-electron chi connectivity index (χ1n) is 5.91. The second kappa shape index (κ2) is 4.91. The van der Waals surface area contributed by atoms with Gasteiger partial charge in [0.05, 0.1) is 11.2 Å². The number of hydrogen-bond acceptors (Lipinski definition) is 5. The summed E-state index contributed by atoms with van der Waals surface area (Å²) in [5, 5.41) is 4.34. The highest BCUT2D eigenvalue weighted by Gasteiger charge is 2.03. The first-order chi connectivity index (χ1) is 9.36. The van der Waals surface area contributed by atoms with Crippen LogP contribution in [-0.2, 0) is 0 Å². The molecule has 0 atom stereocenters. The Kier molecular flexibility index (Phi) is 2.96. The van der Waals surface area contributed by atoms with Gasteiger partial charge in [-0.3, -0.25) is 4.98 Å². The van der Waals surface area contributed by atoms with E-state index in [-0.39, 0.29) is 0 Å². The lowest BCUT2D eigenvalue weighted by atomic mass is 10.2. The lowest BCUT2D eigenvalue weighted by Gasteiger charge is -2.09. The van der Waals surface area contributed by atoms with Gasteiger partial charge in [-0.15, -0.1) is 0 Å². The van der Waals surface area contributed by atoms with E-state index in [1.54, 1.807) is 12.3 Å². The Morgan fingerprint density at radius 2 is 1.68 bits per heavy atom. The number of nitrogens with one attached hydrogen (secondary N) is 2. The maximum atomic E-state index is 5.35. The fourth-order valence-corrected chi connectivity index (χ4v) is 1.93. The van der Waals surface area contributed by atoms with E-state index in [4.69, 9.17) is 5.84 Å². The molecule has 1 aromatic carbocycles. The maximum absolute atomic E-state index is 5.35. The van der Waals surface area contributed by atoms with Crippen LogP contribution < -0.4 is 16.6 Å². The van der Waals surface area contributed by atoms with Gasteiger partial charge in [-0.1, -0.05) is 24.3 Å². The van der Waals surface area contributed by atoms with Gasteiger partial charge in [0.15, 0.2) is 0 Å². The molecule has 0 saturated heterocycles. The minimum atomic E-state index is 0.609. The fraction of sp³-hybridized carbons (Fsp3) is 0. The van der Waals surface area contributed by atoms with Crippen LogP contribution in [0.25, 0.3) is 10.9 Å². The Morgan fingerprint density at radius 3 is 2.58 bits per heavy atom. The summed E-state index contributed by atoms with van der Waals surface area (Å²) in [7, 11) is 0. The van der Waals surface area contributed by atoms with E-state index in [0.717, 1.165) is 16.6 Å². The second-order valence-corrected chi connectivity index (χ2v) is 4.06. The number of nitrogens with two attached hydrogens (primary N) is 1. The Bertz CT molecular complexity index is 706. The van der Waals surface area contributed by atoms with Crippen molar-refractivity contribution in [2.24, 2.45) is 5.84 Å². The maximum Gasteiger partial charge on any atom is 0.142 e. The predicted molar refractivity (Wildman–Crippen MR) is 77.1 cm³/mol. The van der Waals surface area contributed by atoms with Gasteiger partial charge in [0, 0.05) is 11.6 Å². The zero-order valence-corrected chi connectivity index (χ0v) is 10.2. The number of anilines is 3. The van der Waals surface area contributed by atoms with Crippen LogP contribution in [0.15, 0.2) is 54.7 Å². The highest BCUT2D eigenvalue weighted by Crippen LogP contribution is 2.23. The van der Waals surface area contributed by atoms with Crippen molar-refractivity contribution in [2.75, 3.05) is 10.7 Å². The molecule has 94 valence electrons. The molecule has 3 aromatic rings. The Hall–Kier alpha value is -2.66. The van der Waals surface area contributed by atoms with Crippen molar-refractivity contribution in [1.82, 2.24) is 9.97 Å². The summed E-state index contributed by atoms with van der Waals surface area (Å²) in [6, 6.07) is 15.5. The number of aromatic nitrogens is 2. The van der Waals surface area contributed by atoms with Gasteiger partial charge in [-0.2, -0.15) is 0 Å². The van der Waals surface area contributed by atoms with E-state index < -0.39 is 0 Å². The van der Waals surface area contributed by atoms with Crippen molar-refractivity contribution < 1.29 is 0 Å². The molecule has 0 aliphatic rings. The highest BCUT2D eigenvalue weighted by molar-refractivity contribution is 5.91. The quantitative estimate of drug-likeness (QED) is 0.493. The Morgan fingerprint density at radius 1 is 0.895 bits per heavy atom. The van der Waals surface area contributed by atoms with E-state index in [0.29, 0.717) is 11.6 Å². The van der Waals surface area contributed by atoms with Crippen molar-refractivity contribution in [1.29, 1.82) is 0 Å². The molecule has 0 aliphatic carbocycles. The van der Waals surface area contributed by atoms with Gasteiger partial charge in [0.1, 0.15) is 11.6 Å². The zero-order chi connectivity index (χ0) is 13.1. The first-order valence-corrected chi connectivity index (χ1v) is 5.91. The third kappa shape index (κ3) is 2.31. The predicted octanol–water partition coefficient (Wildman–Crippen LogP) is 2.66. The number of pyridine rings is 2. The molecule has 5 heteroatoms. The summed E-state index contributed by atoms with van der Waals surface area (Å²) in [5.41, 5.74) is 4.35. The number of fused-ring (bicyclic) bond motifs is 1. The molecule has 0 aliphatic heterocycles. The average Bonchev–Trinajstić information content (AvgIpc) is 2.48. The van der Waals surface area contributed by atoms with Gasteiger partial charge < -0.3 is 10.7 Å². The molecule has 0 fully saturated rings. The highest BCUT2D eigenvalue weighted by atomic mass is 15.3. The number of hydrogen-bond donors (Lipinski definition) is 3. The molecule has 3 rings (SSSR count). The van der Waals surface area contributed by atoms with E-state index in [1.807, 2.05) is 42.5 Å². The van der Waals surface area contributed by atoms with Gasteiger partial charge in [-0.25, -0.2) is 10.8 Å². The molecule has 0 radical (unpaired) electrons. The molecule has 5 nitrogen and oxygen atoms in total. The van der Waals surface area contributed by atoms with Crippen LogP contribution in [-0.4, -0.2) is 9.97 Å².